The van der Waals surface area contributed by atoms with E-state index in [1.54, 1.807) is 10.6 Å². The average molecular weight is 376 g/mol. The highest BCUT2D eigenvalue weighted by Gasteiger charge is 2.25. The molecule has 0 radical (unpaired) electrons. The van der Waals surface area contributed by atoms with E-state index in [9.17, 15) is 9.59 Å². The normalized spacial score (nSPS) is 17.1. The Hall–Kier alpha value is -2.99. The maximum Gasteiger partial charge on any atom is 0.268 e. The third kappa shape index (κ3) is 3.68. The summed E-state index contributed by atoms with van der Waals surface area (Å²) in [5.74, 6) is -0.213. The number of nitrogens with one attached hydrogen (secondary N) is 1. The fourth-order valence-corrected chi connectivity index (χ4v) is 3.96. The van der Waals surface area contributed by atoms with Crippen molar-refractivity contribution in [2.75, 3.05) is 13.1 Å². The molecule has 1 aliphatic rings. The van der Waals surface area contributed by atoms with Crippen LogP contribution in [0.2, 0.25) is 0 Å². The third-order valence-corrected chi connectivity index (χ3v) is 5.48. The zero-order valence-corrected chi connectivity index (χ0v) is 16.0. The third-order valence-electron chi connectivity index (χ3n) is 5.48. The molecule has 1 atom stereocenters. The number of para-hydroxylation sites is 1. The molecule has 144 valence electrons. The lowest BCUT2D eigenvalue weighted by molar-refractivity contribution is 0.0931. The summed E-state index contributed by atoms with van der Waals surface area (Å²) >= 11 is 0. The molecule has 1 unspecified atom stereocenters. The Labute approximate surface area is 163 Å². The molecule has 2 aromatic heterocycles. The molecule has 0 bridgehead atoms. The van der Waals surface area contributed by atoms with E-state index in [1.807, 2.05) is 49.6 Å². The first-order valence-electron chi connectivity index (χ1n) is 9.64. The minimum absolute atomic E-state index is 0.128. The van der Waals surface area contributed by atoms with Crippen molar-refractivity contribution in [1.29, 1.82) is 0 Å². The number of benzene rings is 1. The number of hydrogen-bond donors (Lipinski definition) is 1. The van der Waals surface area contributed by atoms with Crippen LogP contribution in [0.25, 0.3) is 10.9 Å². The highest BCUT2D eigenvalue weighted by atomic mass is 16.2. The lowest BCUT2D eigenvalue weighted by Gasteiger charge is -2.24. The molecular weight excluding hydrogens is 352 g/mol. The molecule has 3 heterocycles. The van der Waals surface area contributed by atoms with E-state index in [4.69, 9.17) is 0 Å². The van der Waals surface area contributed by atoms with E-state index >= 15 is 0 Å². The van der Waals surface area contributed by atoms with Crippen LogP contribution in [0.15, 0.2) is 59.5 Å². The van der Waals surface area contributed by atoms with Crippen LogP contribution in [0, 0.1) is 0 Å². The van der Waals surface area contributed by atoms with Crippen molar-refractivity contribution in [2.45, 2.75) is 25.4 Å². The van der Waals surface area contributed by atoms with Crippen molar-refractivity contribution in [3.63, 3.8) is 0 Å². The second-order valence-corrected chi connectivity index (χ2v) is 7.27. The number of aryl methyl sites for hydroxylation is 1. The second kappa shape index (κ2) is 7.94. The predicted octanol–water partition coefficient (Wildman–Crippen LogP) is 2.33. The van der Waals surface area contributed by atoms with Gasteiger partial charge in [-0.15, -0.1) is 0 Å². The fourth-order valence-electron chi connectivity index (χ4n) is 3.96. The van der Waals surface area contributed by atoms with E-state index < -0.39 is 0 Å². The largest absolute Gasteiger partial charge is 0.349 e. The van der Waals surface area contributed by atoms with Gasteiger partial charge in [0.1, 0.15) is 5.69 Å². The first-order chi connectivity index (χ1) is 13.6. The number of aromatic nitrogens is 2. The summed E-state index contributed by atoms with van der Waals surface area (Å²) < 4.78 is 1.78. The highest BCUT2D eigenvalue weighted by molar-refractivity contribution is 5.95. The highest BCUT2D eigenvalue weighted by Crippen LogP contribution is 2.19. The smallest absolute Gasteiger partial charge is 0.268 e. The van der Waals surface area contributed by atoms with Gasteiger partial charge in [0.15, 0.2) is 5.43 Å². The minimum atomic E-state index is -0.213. The van der Waals surface area contributed by atoms with Gasteiger partial charge in [-0.2, -0.15) is 0 Å². The van der Waals surface area contributed by atoms with Crippen LogP contribution >= 0.6 is 0 Å². The number of likely N-dealkylation sites (tertiary alicyclic amines) is 1. The van der Waals surface area contributed by atoms with Crippen molar-refractivity contribution in [2.24, 2.45) is 7.05 Å². The topological polar surface area (TPSA) is 67.2 Å². The quantitative estimate of drug-likeness (QED) is 0.742. The van der Waals surface area contributed by atoms with E-state index in [-0.39, 0.29) is 17.4 Å². The Kier molecular flexibility index (Phi) is 5.21. The van der Waals surface area contributed by atoms with Gasteiger partial charge in [0.05, 0.1) is 11.2 Å². The van der Waals surface area contributed by atoms with E-state index in [0.717, 1.165) is 37.1 Å². The Morgan fingerprint density at radius 1 is 1.21 bits per heavy atom. The zero-order chi connectivity index (χ0) is 19.5. The van der Waals surface area contributed by atoms with Crippen LogP contribution < -0.4 is 10.7 Å². The molecule has 6 nitrogen and oxygen atoms in total. The molecule has 1 aliphatic heterocycles. The van der Waals surface area contributed by atoms with Crippen molar-refractivity contribution in [3.8, 4) is 0 Å². The second-order valence-electron chi connectivity index (χ2n) is 7.27. The van der Waals surface area contributed by atoms with Crippen molar-refractivity contribution in [1.82, 2.24) is 19.8 Å². The van der Waals surface area contributed by atoms with Gasteiger partial charge in [0.2, 0.25) is 0 Å². The van der Waals surface area contributed by atoms with Crippen molar-refractivity contribution < 1.29 is 4.79 Å². The molecule has 0 saturated carbocycles. The van der Waals surface area contributed by atoms with Crippen LogP contribution in [0.1, 0.15) is 29.0 Å². The molecule has 6 heteroatoms. The van der Waals surface area contributed by atoms with Crippen LogP contribution in [0.5, 0.6) is 0 Å². The number of nitrogens with zero attached hydrogens (tertiary/aromatic N) is 3. The van der Waals surface area contributed by atoms with Crippen LogP contribution in [-0.2, 0) is 13.6 Å². The summed E-state index contributed by atoms with van der Waals surface area (Å²) in [5.41, 5.74) is 2.06. The van der Waals surface area contributed by atoms with Crippen molar-refractivity contribution >= 4 is 16.8 Å². The van der Waals surface area contributed by atoms with E-state index in [1.165, 1.54) is 6.07 Å². The summed E-state index contributed by atoms with van der Waals surface area (Å²) in [6, 6.07) is 15.0. The predicted molar refractivity (Wildman–Crippen MR) is 109 cm³/mol. The van der Waals surface area contributed by atoms with Gasteiger partial charge in [0, 0.05) is 43.8 Å². The van der Waals surface area contributed by atoms with Gasteiger partial charge < -0.3 is 9.88 Å². The monoisotopic (exact) mass is 376 g/mol. The standard InChI is InChI=1S/C22H24N4O2/c1-25-19-10-3-2-9-18(19)21(27)13-20(25)22(28)24-14-17-8-6-12-26(17)15-16-7-4-5-11-23-16/h2-5,7,9-11,13,17H,6,8,12,14-15H2,1H3,(H,24,28). The summed E-state index contributed by atoms with van der Waals surface area (Å²) in [5, 5.41) is 3.65. The molecule has 0 aliphatic carbocycles. The first kappa shape index (κ1) is 18.4. The number of rotatable bonds is 5. The Morgan fingerprint density at radius 3 is 2.86 bits per heavy atom. The summed E-state index contributed by atoms with van der Waals surface area (Å²) in [6.45, 7) is 2.36. The molecule has 1 fully saturated rings. The lowest BCUT2D eigenvalue weighted by Crippen LogP contribution is -2.40. The first-order valence-corrected chi connectivity index (χ1v) is 9.64. The Balaban J connectivity index is 1.46. The minimum Gasteiger partial charge on any atom is -0.349 e. The molecule has 0 spiro atoms. The number of pyridine rings is 2. The molecule has 1 saturated heterocycles. The maximum absolute atomic E-state index is 12.8. The number of carbonyl (C=O) groups is 1. The molecule has 1 aromatic carbocycles. The Bertz CT molecular complexity index is 1050. The van der Waals surface area contributed by atoms with Gasteiger partial charge >= 0.3 is 0 Å². The molecular formula is C22H24N4O2. The fraction of sp³-hybridized carbons (Fsp3) is 0.318. The average Bonchev–Trinajstić information content (AvgIpc) is 3.16. The summed E-state index contributed by atoms with van der Waals surface area (Å²) in [7, 11) is 1.82. The number of fused-ring (bicyclic) bond motifs is 1. The van der Waals surface area contributed by atoms with Gasteiger partial charge in [-0.3, -0.25) is 19.5 Å². The zero-order valence-electron chi connectivity index (χ0n) is 16.0. The van der Waals surface area contributed by atoms with Crippen LogP contribution in [0.4, 0.5) is 0 Å². The summed E-state index contributed by atoms with van der Waals surface area (Å²) in [4.78, 5) is 31.9. The molecule has 1 amide bonds. The van der Waals surface area contributed by atoms with Crippen molar-refractivity contribution in [3.05, 3.63) is 76.3 Å². The van der Waals surface area contributed by atoms with Gasteiger partial charge in [-0.1, -0.05) is 18.2 Å². The van der Waals surface area contributed by atoms with E-state index in [0.29, 0.717) is 17.6 Å². The number of amides is 1. The lowest BCUT2D eigenvalue weighted by atomic mass is 10.1. The van der Waals surface area contributed by atoms with Crippen LogP contribution in [-0.4, -0.2) is 39.5 Å². The van der Waals surface area contributed by atoms with Gasteiger partial charge in [0.25, 0.3) is 5.91 Å². The molecule has 1 N–H and O–H groups in total. The molecule has 4 rings (SSSR count). The Morgan fingerprint density at radius 2 is 2.04 bits per heavy atom. The SMILES string of the molecule is Cn1c(C(=O)NCC2CCCN2Cc2ccccn2)cc(=O)c2ccccc21. The van der Waals surface area contributed by atoms with E-state index in [2.05, 4.69) is 15.2 Å². The number of carbonyl (C=O) groups excluding carboxylic acids is 1. The maximum atomic E-state index is 12.8. The van der Waals surface area contributed by atoms with Gasteiger partial charge in [-0.25, -0.2) is 0 Å². The molecule has 3 aromatic rings. The molecule has 28 heavy (non-hydrogen) atoms. The number of hydrogen-bond acceptors (Lipinski definition) is 4. The van der Waals surface area contributed by atoms with Crippen LogP contribution in [0.3, 0.4) is 0 Å². The van der Waals surface area contributed by atoms with Gasteiger partial charge in [-0.05, 0) is 43.7 Å². The summed E-state index contributed by atoms with van der Waals surface area (Å²) in [6.07, 6.45) is 3.97.